The van der Waals surface area contributed by atoms with Crippen molar-refractivity contribution in [3.63, 3.8) is 0 Å². The molecule has 0 amide bonds. The van der Waals surface area contributed by atoms with Crippen LogP contribution in [0.25, 0.3) is 0 Å². The molecule has 2 unspecified atom stereocenters. The van der Waals surface area contributed by atoms with E-state index in [-0.39, 0.29) is 0 Å². The third kappa shape index (κ3) is 0.965. The van der Waals surface area contributed by atoms with Crippen LogP contribution < -0.4 is 0 Å². The van der Waals surface area contributed by atoms with Gasteiger partial charge < -0.3 is 0 Å². The molecule has 14 heteroatoms. The summed E-state index contributed by atoms with van der Waals surface area (Å²) in [5.41, 5.74) is -15.2. The maximum absolute atomic E-state index is 13.5. The lowest BCUT2D eigenvalue weighted by atomic mass is 9.72. The second-order valence-electron chi connectivity index (χ2n) is 4.76. The molecule has 22 heavy (non-hydrogen) atoms. The second-order valence-corrected chi connectivity index (χ2v) is 4.76. The third-order valence-electron chi connectivity index (χ3n) is 3.78. The van der Waals surface area contributed by atoms with Crippen molar-refractivity contribution in [3.8, 4) is 0 Å². The highest BCUT2D eigenvalue weighted by molar-refractivity contribution is 5.43. The van der Waals surface area contributed by atoms with Gasteiger partial charge in [-0.05, 0) is 0 Å². The van der Waals surface area contributed by atoms with E-state index < -0.39 is 46.9 Å². The van der Waals surface area contributed by atoms with Crippen molar-refractivity contribution in [2.75, 3.05) is 0 Å². The molecule has 0 aliphatic heterocycles. The molecule has 130 valence electrons. The van der Waals surface area contributed by atoms with E-state index in [1.165, 1.54) is 0 Å². The maximum atomic E-state index is 13.5. The molecule has 0 nitrogen and oxygen atoms in total. The molecule has 2 atom stereocenters. The van der Waals surface area contributed by atoms with E-state index in [0.717, 1.165) is 0 Å². The van der Waals surface area contributed by atoms with Crippen LogP contribution in [0, 0.1) is 0 Å². The minimum atomic E-state index is -7.72. The van der Waals surface area contributed by atoms with E-state index in [1.807, 2.05) is 0 Å². The lowest BCUT2D eigenvalue weighted by Crippen LogP contribution is -2.83. The molecule has 2 fully saturated rings. The van der Waals surface area contributed by atoms with Gasteiger partial charge in [-0.15, -0.1) is 0 Å². The Morgan fingerprint density at radius 3 is 0.636 bits per heavy atom. The Balaban J connectivity index is 3.11. The van der Waals surface area contributed by atoms with Gasteiger partial charge >= 0.3 is 46.9 Å². The predicted molar refractivity (Wildman–Crippen MR) is 37.4 cm³/mol. The van der Waals surface area contributed by atoms with Crippen LogP contribution in [-0.2, 0) is 0 Å². The Kier molecular flexibility index (Phi) is 2.59. The lowest BCUT2D eigenvalue weighted by molar-refractivity contribution is -0.455. The molecule has 0 aromatic rings. The molecule has 2 aliphatic rings. The zero-order valence-electron chi connectivity index (χ0n) is 9.29. The smallest absolute Gasteiger partial charge is 0.223 e. The first-order chi connectivity index (χ1) is 9.25. The van der Waals surface area contributed by atoms with Crippen molar-refractivity contribution in [3.05, 3.63) is 0 Å². The van der Waals surface area contributed by atoms with Gasteiger partial charge in [0.1, 0.15) is 0 Å². The zero-order chi connectivity index (χ0) is 18.0. The quantitative estimate of drug-likeness (QED) is 0.566. The van der Waals surface area contributed by atoms with E-state index in [9.17, 15) is 61.5 Å². The van der Waals surface area contributed by atoms with Crippen LogP contribution in [-0.4, -0.2) is 46.9 Å². The number of hydrogen-bond donors (Lipinski definition) is 0. The summed E-state index contributed by atoms with van der Waals surface area (Å²) in [5.74, 6) is -45.7. The van der Waals surface area contributed by atoms with Crippen LogP contribution in [0.5, 0.6) is 0 Å². The molecule has 0 aromatic heterocycles. The van der Waals surface area contributed by atoms with Crippen molar-refractivity contribution in [2.24, 2.45) is 0 Å². The van der Waals surface area contributed by atoms with Gasteiger partial charge in [0.25, 0.3) is 0 Å². The van der Waals surface area contributed by atoms with E-state index >= 15 is 0 Å². The highest BCUT2D eigenvalue weighted by atomic mass is 19.4. The van der Waals surface area contributed by atoms with Crippen molar-refractivity contribution < 1.29 is 61.5 Å². The Morgan fingerprint density at radius 2 is 0.409 bits per heavy atom. The van der Waals surface area contributed by atoms with Crippen molar-refractivity contribution in [1.29, 1.82) is 0 Å². The second kappa shape index (κ2) is 3.28. The first-order valence-electron chi connectivity index (χ1n) is 4.90. The summed E-state index contributed by atoms with van der Waals surface area (Å²) >= 11 is 0. The van der Waals surface area contributed by atoms with Crippen LogP contribution >= 0.6 is 0 Å². The van der Waals surface area contributed by atoms with Crippen LogP contribution in [0.3, 0.4) is 0 Å². The molecule has 0 heterocycles. The minimum Gasteiger partial charge on any atom is -0.223 e. The number of hydrogen-bond acceptors (Lipinski definition) is 0. The van der Waals surface area contributed by atoms with E-state index in [4.69, 9.17) is 0 Å². The van der Waals surface area contributed by atoms with E-state index in [0.29, 0.717) is 0 Å². The molecule has 2 saturated carbocycles. The van der Waals surface area contributed by atoms with Crippen LogP contribution in [0.2, 0.25) is 0 Å². The zero-order valence-corrected chi connectivity index (χ0v) is 9.29. The third-order valence-corrected chi connectivity index (χ3v) is 3.78. The molecular weight excluding hydrogens is 362 g/mol. The van der Waals surface area contributed by atoms with Crippen molar-refractivity contribution >= 4 is 0 Å². The molecule has 0 N–H and O–H groups in total. The molecular formula is C8F14. The summed E-state index contributed by atoms with van der Waals surface area (Å²) in [6, 6.07) is 0. The summed E-state index contributed by atoms with van der Waals surface area (Å²) in [5, 5.41) is 0. The first-order valence-corrected chi connectivity index (χ1v) is 4.90. The molecule has 0 radical (unpaired) electrons. The Morgan fingerprint density at radius 1 is 0.227 bits per heavy atom. The standard InChI is InChI=1S/C8F14/c9-1-3(11,12)2(10,5(15,16)4(1,13)14)7(19,20)8(21,22)6(1,17)18. The Bertz CT molecular complexity index is 489. The lowest BCUT2D eigenvalue weighted by Gasteiger charge is -2.49. The van der Waals surface area contributed by atoms with Crippen LogP contribution in [0.15, 0.2) is 0 Å². The molecule has 2 bridgehead atoms. The summed E-state index contributed by atoms with van der Waals surface area (Å²) in [6.45, 7) is 0. The number of fused-ring (bicyclic) bond motifs is 2. The molecule has 2 rings (SSSR count). The van der Waals surface area contributed by atoms with Gasteiger partial charge in [-0.1, -0.05) is 0 Å². The topological polar surface area (TPSA) is 0 Å². The largest absolute Gasteiger partial charge is 0.379 e. The van der Waals surface area contributed by atoms with Gasteiger partial charge in [0.15, 0.2) is 0 Å². The number of rotatable bonds is 0. The first kappa shape index (κ1) is 17.4. The van der Waals surface area contributed by atoms with Crippen LogP contribution in [0.1, 0.15) is 0 Å². The van der Waals surface area contributed by atoms with Gasteiger partial charge in [-0.25, -0.2) is 8.78 Å². The maximum Gasteiger partial charge on any atom is 0.379 e. The summed E-state index contributed by atoms with van der Waals surface area (Å²) in [6.07, 6.45) is 0. The van der Waals surface area contributed by atoms with Gasteiger partial charge in [-0.3, -0.25) is 0 Å². The van der Waals surface area contributed by atoms with Gasteiger partial charge in [0.05, 0.1) is 0 Å². The van der Waals surface area contributed by atoms with E-state index in [1.54, 1.807) is 0 Å². The van der Waals surface area contributed by atoms with Crippen molar-refractivity contribution in [2.45, 2.75) is 46.9 Å². The molecule has 2 aliphatic carbocycles. The van der Waals surface area contributed by atoms with Crippen molar-refractivity contribution in [1.82, 2.24) is 0 Å². The van der Waals surface area contributed by atoms with Gasteiger partial charge in [0, 0.05) is 0 Å². The molecule has 0 aromatic carbocycles. The SMILES string of the molecule is FC1(F)C(F)(F)C2(F)C(F)(F)C(F)(F)C(F)(C1(F)F)C2(F)F. The summed E-state index contributed by atoms with van der Waals surface area (Å²) in [7, 11) is 0. The normalized spacial score (nSPS) is 45.5. The average Bonchev–Trinajstić information content (AvgIpc) is 2.37. The van der Waals surface area contributed by atoms with Gasteiger partial charge in [0.2, 0.25) is 0 Å². The Labute approximate surface area is 110 Å². The van der Waals surface area contributed by atoms with Crippen LogP contribution in [0.4, 0.5) is 61.5 Å². The van der Waals surface area contributed by atoms with Gasteiger partial charge in [-0.2, -0.15) is 52.7 Å². The predicted octanol–water partition coefficient (Wildman–Crippen LogP) is 4.24. The van der Waals surface area contributed by atoms with E-state index in [2.05, 4.69) is 0 Å². The number of halogens is 14. The fourth-order valence-corrected chi connectivity index (χ4v) is 2.48. The highest BCUT2D eigenvalue weighted by Crippen LogP contribution is 2.82. The monoisotopic (exact) mass is 362 g/mol. The Hall–Kier alpha value is -0.980. The molecule has 0 spiro atoms. The summed E-state index contributed by atoms with van der Waals surface area (Å²) < 4.78 is 183. The fraction of sp³-hybridized carbons (Fsp3) is 1.00. The molecule has 0 saturated heterocycles. The fourth-order valence-electron chi connectivity index (χ4n) is 2.48. The summed E-state index contributed by atoms with van der Waals surface area (Å²) in [4.78, 5) is 0. The number of alkyl halides is 14. The highest BCUT2D eigenvalue weighted by Gasteiger charge is 3.16. The average molecular weight is 362 g/mol. The minimum absolute atomic E-state index is 7.54.